The lowest BCUT2D eigenvalue weighted by atomic mass is 9.91. The van der Waals surface area contributed by atoms with E-state index >= 15 is 0 Å². The van der Waals surface area contributed by atoms with Crippen molar-refractivity contribution < 1.29 is 24.2 Å². The lowest BCUT2D eigenvalue weighted by Gasteiger charge is -2.36. The van der Waals surface area contributed by atoms with Crippen LogP contribution in [0.15, 0.2) is 36.0 Å². The van der Waals surface area contributed by atoms with E-state index < -0.39 is 24.2 Å². The van der Waals surface area contributed by atoms with E-state index in [0.29, 0.717) is 18.9 Å². The number of methoxy groups -OCH3 is 2. The normalized spacial score (nSPS) is 25.6. The van der Waals surface area contributed by atoms with Crippen LogP contribution in [-0.4, -0.2) is 86.1 Å². The minimum absolute atomic E-state index is 0.0266. The summed E-state index contributed by atoms with van der Waals surface area (Å²) in [6.45, 7) is 8.60. The number of carbonyl (C=O) groups is 2. The van der Waals surface area contributed by atoms with Gasteiger partial charge >= 0.3 is 0 Å². The number of likely N-dealkylation sites (tertiary alicyclic amines) is 1. The summed E-state index contributed by atoms with van der Waals surface area (Å²) >= 11 is 0. The third kappa shape index (κ3) is 8.50. The predicted molar refractivity (Wildman–Crippen MR) is 152 cm³/mol. The van der Waals surface area contributed by atoms with Crippen molar-refractivity contribution in [2.24, 2.45) is 11.8 Å². The zero-order chi connectivity index (χ0) is 28.2. The van der Waals surface area contributed by atoms with E-state index in [4.69, 9.17) is 9.47 Å². The van der Waals surface area contributed by atoms with E-state index in [1.54, 1.807) is 14.2 Å². The number of carbonyl (C=O) groups excluding carboxylic acids is 2. The molecule has 0 radical (unpaired) electrons. The van der Waals surface area contributed by atoms with E-state index in [0.717, 1.165) is 31.3 Å². The summed E-state index contributed by atoms with van der Waals surface area (Å²) in [5.74, 6) is -0.298. The fraction of sp³-hybridized carbons (Fsp3) is 0.733. The topological polar surface area (TPSA) is 100 Å². The number of allylic oxidation sites excluding steroid dienone is 5. The lowest BCUT2D eigenvalue weighted by molar-refractivity contribution is -0.142. The van der Waals surface area contributed by atoms with Crippen molar-refractivity contribution in [2.45, 2.75) is 103 Å². The molecule has 2 rings (SSSR count). The number of hydrogen-bond acceptors (Lipinski definition) is 6. The van der Waals surface area contributed by atoms with Gasteiger partial charge in [0, 0.05) is 26.8 Å². The van der Waals surface area contributed by atoms with Gasteiger partial charge in [-0.25, -0.2) is 0 Å². The number of nitrogens with zero attached hydrogens (tertiary/aromatic N) is 1. The van der Waals surface area contributed by atoms with Gasteiger partial charge in [0.15, 0.2) is 0 Å². The number of likely N-dealkylation sites (N-methyl/N-ethyl adjacent to an activating group) is 1. The van der Waals surface area contributed by atoms with Crippen molar-refractivity contribution >= 4 is 11.8 Å². The van der Waals surface area contributed by atoms with Gasteiger partial charge in [0.2, 0.25) is 11.8 Å². The molecule has 3 N–H and O–H groups in total. The molecule has 0 spiro atoms. The Morgan fingerprint density at radius 1 is 1.16 bits per heavy atom. The first-order valence-corrected chi connectivity index (χ1v) is 14.2. The summed E-state index contributed by atoms with van der Waals surface area (Å²) in [6, 6.07) is -0.575. The Kier molecular flexibility index (Phi) is 13.7. The highest BCUT2D eigenvalue weighted by Crippen LogP contribution is 2.28. The molecule has 8 atom stereocenters. The van der Waals surface area contributed by atoms with Crippen molar-refractivity contribution in [3.63, 3.8) is 0 Å². The third-order valence-electron chi connectivity index (χ3n) is 8.31. The molecule has 1 aliphatic carbocycles. The van der Waals surface area contributed by atoms with E-state index in [2.05, 4.69) is 30.6 Å². The summed E-state index contributed by atoms with van der Waals surface area (Å²) in [5.41, 5.74) is 0.860. The molecular formula is C30H51N3O5. The van der Waals surface area contributed by atoms with Crippen molar-refractivity contribution in [1.82, 2.24) is 15.5 Å². The molecule has 0 aromatic heterocycles. The minimum atomic E-state index is -0.791. The molecule has 2 aliphatic rings. The fourth-order valence-corrected chi connectivity index (χ4v) is 5.73. The summed E-state index contributed by atoms with van der Waals surface area (Å²) in [5, 5.41) is 17.2. The third-order valence-corrected chi connectivity index (χ3v) is 8.31. The van der Waals surface area contributed by atoms with Crippen molar-refractivity contribution in [1.29, 1.82) is 0 Å². The van der Waals surface area contributed by atoms with Gasteiger partial charge in [-0.2, -0.15) is 0 Å². The number of aliphatic hydroxyl groups is 1. The number of aliphatic hydroxyl groups excluding tert-OH is 1. The Hall–Kier alpha value is -2.00. The second-order valence-electron chi connectivity index (χ2n) is 10.8. The van der Waals surface area contributed by atoms with E-state index in [-0.39, 0.29) is 36.4 Å². The first-order valence-electron chi connectivity index (χ1n) is 14.2. The van der Waals surface area contributed by atoms with Crippen molar-refractivity contribution in [3.8, 4) is 0 Å². The molecule has 0 aromatic rings. The zero-order valence-corrected chi connectivity index (χ0v) is 24.5. The predicted octanol–water partition coefficient (Wildman–Crippen LogP) is 3.37. The first-order chi connectivity index (χ1) is 18.2. The standard InChI is InChI=1S/C30H51N3O5/c1-8-20(2)27(31-5)25(37-6)19-26(34)33-18-14-17-24(33)29(38-7)21(3)30(36)32-22(4)28(35)23-15-12-10-9-11-13-16-23/h10-13,15,20-22,24-25,27-29,31,35H,8-9,14,16-19H2,1-7H3,(H,32,36)/b12-10?,13-11-,23-15+/t20?,21-,22-,24+,25-,27?,28?,29-/m1/s1. The molecule has 8 nitrogen and oxygen atoms in total. The Labute approximate surface area is 229 Å². The van der Waals surface area contributed by atoms with E-state index in [9.17, 15) is 14.7 Å². The van der Waals surface area contributed by atoms with Crippen LogP contribution in [0, 0.1) is 11.8 Å². The molecule has 38 heavy (non-hydrogen) atoms. The number of ether oxygens (including phenoxy) is 2. The molecular weight excluding hydrogens is 482 g/mol. The Morgan fingerprint density at radius 3 is 2.53 bits per heavy atom. The molecule has 0 saturated carbocycles. The summed E-state index contributed by atoms with van der Waals surface area (Å²) in [6.07, 6.45) is 13.0. The maximum atomic E-state index is 13.5. The summed E-state index contributed by atoms with van der Waals surface area (Å²) in [7, 11) is 5.17. The van der Waals surface area contributed by atoms with Crippen LogP contribution >= 0.6 is 0 Å². The van der Waals surface area contributed by atoms with Crippen LogP contribution in [0.25, 0.3) is 0 Å². The van der Waals surface area contributed by atoms with Crippen LogP contribution in [0.4, 0.5) is 0 Å². The van der Waals surface area contributed by atoms with Gasteiger partial charge in [0.05, 0.1) is 42.7 Å². The van der Waals surface area contributed by atoms with Gasteiger partial charge < -0.3 is 30.1 Å². The maximum absolute atomic E-state index is 13.5. The average Bonchev–Trinajstić information content (AvgIpc) is 3.37. The van der Waals surface area contributed by atoms with Crippen LogP contribution in [-0.2, 0) is 19.1 Å². The van der Waals surface area contributed by atoms with Gasteiger partial charge in [-0.05, 0) is 51.1 Å². The minimum Gasteiger partial charge on any atom is -0.387 e. The zero-order valence-electron chi connectivity index (χ0n) is 24.5. The second kappa shape index (κ2) is 16.2. The number of nitrogens with one attached hydrogen (secondary N) is 2. The molecule has 0 bridgehead atoms. The molecule has 216 valence electrons. The number of hydrogen-bond donors (Lipinski definition) is 3. The van der Waals surface area contributed by atoms with Crippen LogP contribution < -0.4 is 10.6 Å². The maximum Gasteiger partial charge on any atom is 0.225 e. The highest BCUT2D eigenvalue weighted by Gasteiger charge is 2.41. The monoisotopic (exact) mass is 533 g/mol. The molecule has 1 fully saturated rings. The molecule has 1 saturated heterocycles. The van der Waals surface area contributed by atoms with Crippen LogP contribution in [0.5, 0.6) is 0 Å². The molecule has 2 amide bonds. The van der Waals surface area contributed by atoms with Gasteiger partial charge in [-0.3, -0.25) is 9.59 Å². The SMILES string of the molecule is CCC(C)C(NC)[C@@H](CC(=O)N1CCC[C@H]1[C@H](OC)[C@@H](C)C(=O)N[C@H](C)C(O)/C1=C/C=CC/C=C\C1)OC. The number of amides is 2. The average molecular weight is 534 g/mol. The molecule has 0 aromatic carbocycles. The molecule has 3 unspecified atom stereocenters. The molecule has 8 heteroatoms. The largest absolute Gasteiger partial charge is 0.387 e. The highest BCUT2D eigenvalue weighted by molar-refractivity contribution is 5.80. The fourth-order valence-electron chi connectivity index (χ4n) is 5.73. The summed E-state index contributed by atoms with van der Waals surface area (Å²) < 4.78 is 11.6. The Morgan fingerprint density at radius 2 is 1.89 bits per heavy atom. The van der Waals surface area contributed by atoms with Gasteiger partial charge in [0.25, 0.3) is 0 Å². The Bertz CT molecular complexity index is 842. The first kappa shape index (κ1) is 32.2. The van der Waals surface area contributed by atoms with E-state index in [1.165, 1.54) is 0 Å². The quantitative estimate of drug-likeness (QED) is 0.296. The van der Waals surface area contributed by atoms with Gasteiger partial charge in [-0.1, -0.05) is 57.6 Å². The Balaban J connectivity index is 2.07. The van der Waals surface area contributed by atoms with Crippen LogP contribution in [0.1, 0.15) is 66.2 Å². The molecule has 1 heterocycles. The van der Waals surface area contributed by atoms with Crippen LogP contribution in [0.2, 0.25) is 0 Å². The second-order valence-corrected chi connectivity index (χ2v) is 10.8. The highest BCUT2D eigenvalue weighted by atomic mass is 16.5. The molecule has 1 aliphatic heterocycles. The van der Waals surface area contributed by atoms with Crippen molar-refractivity contribution in [2.75, 3.05) is 27.8 Å². The smallest absolute Gasteiger partial charge is 0.225 e. The van der Waals surface area contributed by atoms with Gasteiger partial charge in [0.1, 0.15) is 0 Å². The number of rotatable bonds is 14. The van der Waals surface area contributed by atoms with Gasteiger partial charge in [-0.15, -0.1) is 0 Å². The van der Waals surface area contributed by atoms with E-state index in [1.807, 2.05) is 50.1 Å². The lowest BCUT2D eigenvalue weighted by Crippen LogP contribution is -2.53. The van der Waals surface area contributed by atoms with Crippen LogP contribution in [0.3, 0.4) is 0 Å². The summed E-state index contributed by atoms with van der Waals surface area (Å²) in [4.78, 5) is 28.6. The van der Waals surface area contributed by atoms with Crippen molar-refractivity contribution in [3.05, 3.63) is 36.0 Å².